The van der Waals surface area contributed by atoms with Gasteiger partial charge in [0.1, 0.15) is 6.04 Å². The Morgan fingerprint density at radius 1 is 1.24 bits per heavy atom. The molecule has 6 heteroatoms. The number of carbonyl (C=O) groups is 1. The van der Waals surface area contributed by atoms with Crippen molar-refractivity contribution in [3.63, 3.8) is 0 Å². The summed E-state index contributed by atoms with van der Waals surface area (Å²) in [4.78, 5) is 14.1. The van der Waals surface area contributed by atoms with Crippen LogP contribution < -0.4 is 16.0 Å². The molecule has 1 aliphatic heterocycles. The molecular weight excluding hydrogens is 266 g/mol. The minimum Gasteiger partial charge on any atom is -0.353 e. The van der Waals surface area contributed by atoms with E-state index in [1.54, 1.807) is 0 Å². The summed E-state index contributed by atoms with van der Waals surface area (Å²) >= 11 is 0. The van der Waals surface area contributed by atoms with Crippen LogP contribution in [0, 0.1) is 0 Å². The molecule has 2 heterocycles. The second kappa shape index (κ2) is 6.85. The van der Waals surface area contributed by atoms with E-state index in [0.29, 0.717) is 13.1 Å². The fourth-order valence-electron chi connectivity index (χ4n) is 3.06. The van der Waals surface area contributed by atoms with Gasteiger partial charge >= 0.3 is 0 Å². The highest BCUT2D eigenvalue weighted by atomic mass is 16.2. The van der Waals surface area contributed by atoms with Gasteiger partial charge in [0.05, 0.1) is 5.69 Å². The van der Waals surface area contributed by atoms with Gasteiger partial charge in [0, 0.05) is 25.2 Å². The lowest BCUT2D eigenvalue weighted by Gasteiger charge is -2.36. The van der Waals surface area contributed by atoms with Crippen LogP contribution in [0.25, 0.3) is 0 Å². The number of anilines is 1. The maximum absolute atomic E-state index is 12.1. The van der Waals surface area contributed by atoms with Crippen LogP contribution in [0.15, 0.2) is 0 Å². The van der Waals surface area contributed by atoms with Gasteiger partial charge in [-0.15, -0.1) is 5.10 Å². The molecule has 0 radical (unpaired) electrons. The third-order valence-corrected chi connectivity index (χ3v) is 4.13. The van der Waals surface area contributed by atoms with E-state index in [1.807, 2.05) is 6.92 Å². The van der Waals surface area contributed by atoms with Crippen LogP contribution in [0.1, 0.15) is 44.0 Å². The van der Waals surface area contributed by atoms with Crippen molar-refractivity contribution in [2.75, 3.05) is 18.0 Å². The Hall–Kier alpha value is -1.69. The zero-order valence-corrected chi connectivity index (χ0v) is 13.1. The number of amides is 1. The number of nitrogens with two attached hydrogens (primary N) is 1. The quantitative estimate of drug-likeness (QED) is 0.837. The fraction of sp³-hybridized carbons (Fsp3) is 0.667. The number of carbonyl (C=O) groups excluding carboxylic acids is 1. The van der Waals surface area contributed by atoms with E-state index in [0.717, 1.165) is 42.9 Å². The van der Waals surface area contributed by atoms with Crippen LogP contribution in [0.2, 0.25) is 0 Å². The number of rotatable bonds is 5. The first-order valence-electron chi connectivity index (χ1n) is 7.79. The molecular formula is C15H25N5O. The molecule has 1 unspecified atom stereocenters. The van der Waals surface area contributed by atoms with Gasteiger partial charge in [0.15, 0.2) is 5.82 Å². The van der Waals surface area contributed by atoms with Gasteiger partial charge in [-0.1, -0.05) is 20.8 Å². The molecule has 0 aromatic carbocycles. The lowest BCUT2D eigenvalue weighted by atomic mass is 10.0. The summed E-state index contributed by atoms with van der Waals surface area (Å²) in [5.74, 6) is 0.847. The van der Waals surface area contributed by atoms with Crippen molar-refractivity contribution < 1.29 is 4.79 Å². The van der Waals surface area contributed by atoms with Crippen molar-refractivity contribution in [2.24, 2.45) is 5.73 Å². The number of nitrogens with one attached hydrogen (secondary N) is 1. The van der Waals surface area contributed by atoms with E-state index < -0.39 is 0 Å². The van der Waals surface area contributed by atoms with Gasteiger partial charge in [-0.25, -0.2) is 0 Å². The average Bonchev–Trinajstić information content (AvgIpc) is 2.52. The van der Waals surface area contributed by atoms with Crippen LogP contribution in [0.3, 0.4) is 0 Å². The largest absolute Gasteiger partial charge is 0.353 e. The van der Waals surface area contributed by atoms with Crippen LogP contribution in [0.5, 0.6) is 0 Å². The fourth-order valence-corrected chi connectivity index (χ4v) is 3.06. The highest BCUT2D eigenvalue weighted by Gasteiger charge is 2.31. The SMILES string of the molecule is CCc1nnc(N2CCNC(=O)C2CC)c(CN)c1CC. The lowest BCUT2D eigenvalue weighted by molar-refractivity contribution is -0.123. The van der Waals surface area contributed by atoms with E-state index in [1.165, 1.54) is 5.56 Å². The summed E-state index contributed by atoms with van der Waals surface area (Å²) in [5.41, 5.74) is 9.22. The number of hydrogen-bond donors (Lipinski definition) is 2. The number of piperazine rings is 1. The highest BCUT2D eigenvalue weighted by molar-refractivity contribution is 5.86. The Labute approximate surface area is 126 Å². The van der Waals surface area contributed by atoms with Gasteiger partial charge < -0.3 is 16.0 Å². The average molecular weight is 291 g/mol. The number of nitrogens with zero attached hydrogens (tertiary/aromatic N) is 3. The molecule has 1 fully saturated rings. The molecule has 0 aliphatic carbocycles. The molecule has 1 amide bonds. The second-order valence-electron chi connectivity index (χ2n) is 5.25. The van der Waals surface area contributed by atoms with Gasteiger partial charge in [-0.2, -0.15) is 5.10 Å². The van der Waals surface area contributed by atoms with E-state index in [2.05, 4.69) is 34.3 Å². The van der Waals surface area contributed by atoms with Gasteiger partial charge in [-0.05, 0) is 24.8 Å². The first-order chi connectivity index (χ1) is 10.2. The van der Waals surface area contributed by atoms with Crippen LogP contribution >= 0.6 is 0 Å². The number of hydrogen-bond acceptors (Lipinski definition) is 5. The van der Waals surface area contributed by atoms with Crippen LogP contribution in [-0.2, 0) is 24.2 Å². The highest BCUT2D eigenvalue weighted by Crippen LogP contribution is 2.26. The predicted molar refractivity (Wildman–Crippen MR) is 83.1 cm³/mol. The number of aryl methyl sites for hydroxylation is 1. The first-order valence-corrected chi connectivity index (χ1v) is 7.79. The molecule has 0 saturated carbocycles. The topological polar surface area (TPSA) is 84.1 Å². The number of aromatic nitrogens is 2. The predicted octanol–water partition coefficient (Wildman–Crippen LogP) is 0.775. The molecule has 0 bridgehead atoms. The summed E-state index contributed by atoms with van der Waals surface area (Å²) in [6.07, 6.45) is 2.48. The van der Waals surface area contributed by atoms with Crippen molar-refractivity contribution in [1.29, 1.82) is 0 Å². The molecule has 1 saturated heterocycles. The second-order valence-corrected chi connectivity index (χ2v) is 5.25. The first kappa shape index (κ1) is 15.7. The zero-order valence-electron chi connectivity index (χ0n) is 13.1. The molecule has 21 heavy (non-hydrogen) atoms. The van der Waals surface area contributed by atoms with Crippen molar-refractivity contribution in [3.05, 3.63) is 16.8 Å². The molecule has 1 aliphatic rings. The Morgan fingerprint density at radius 3 is 2.57 bits per heavy atom. The maximum atomic E-state index is 12.1. The zero-order chi connectivity index (χ0) is 15.4. The summed E-state index contributed by atoms with van der Waals surface area (Å²) in [7, 11) is 0. The van der Waals surface area contributed by atoms with Gasteiger partial charge in [-0.3, -0.25) is 4.79 Å². The summed E-state index contributed by atoms with van der Waals surface area (Å²) in [6.45, 7) is 8.01. The third kappa shape index (κ3) is 2.85. The third-order valence-electron chi connectivity index (χ3n) is 4.13. The maximum Gasteiger partial charge on any atom is 0.242 e. The standard InChI is InChI=1S/C15H25N5O/c1-4-10-11(9-16)14(19-18-12(10)5-2)20-8-7-17-15(21)13(20)6-3/h13H,4-9,16H2,1-3H3,(H,17,21). The smallest absolute Gasteiger partial charge is 0.242 e. The Morgan fingerprint density at radius 2 is 2.00 bits per heavy atom. The summed E-state index contributed by atoms with van der Waals surface area (Å²) in [5, 5.41) is 11.7. The summed E-state index contributed by atoms with van der Waals surface area (Å²) in [6, 6.07) is -0.185. The van der Waals surface area contributed by atoms with Crippen molar-refractivity contribution in [3.8, 4) is 0 Å². The minimum atomic E-state index is -0.185. The normalized spacial score (nSPS) is 18.8. The van der Waals surface area contributed by atoms with E-state index in [4.69, 9.17) is 5.73 Å². The van der Waals surface area contributed by atoms with Gasteiger partial charge in [0.25, 0.3) is 0 Å². The molecule has 1 aromatic heterocycles. The Balaban J connectivity index is 2.49. The van der Waals surface area contributed by atoms with Gasteiger partial charge in [0.2, 0.25) is 5.91 Å². The molecule has 0 spiro atoms. The van der Waals surface area contributed by atoms with Crippen LogP contribution in [0.4, 0.5) is 5.82 Å². The van der Waals surface area contributed by atoms with E-state index in [-0.39, 0.29) is 11.9 Å². The molecule has 3 N–H and O–H groups in total. The molecule has 2 rings (SSSR count). The minimum absolute atomic E-state index is 0.0612. The lowest BCUT2D eigenvalue weighted by Crippen LogP contribution is -2.55. The van der Waals surface area contributed by atoms with Crippen molar-refractivity contribution in [1.82, 2.24) is 15.5 Å². The Bertz CT molecular complexity index is 517. The van der Waals surface area contributed by atoms with E-state index >= 15 is 0 Å². The molecule has 116 valence electrons. The van der Waals surface area contributed by atoms with Crippen molar-refractivity contribution in [2.45, 2.75) is 52.6 Å². The van der Waals surface area contributed by atoms with Crippen molar-refractivity contribution >= 4 is 11.7 Å². The Kier molecular flexibility index (Phi) is 5.12. The summed E-state index contributed by atoms with van der Waals surface area (Å²) < 4.78 is 0. The molecule has 1 atom stereocenters. The molecule has 1 aromatic rings. The van der Waals surface area contributed by atoms with E-state index in [9.17, 15) is 4.79 Å². The molecule has 6 nitrogen and oxygen atoms in total. The van der Waals surface area contributed by atoms with Crippen LogP contribution in [-0.4, -0.2) is 35.2 Å². The monoisotopic (exact) mass is 291 g/mol.